The molecule has 0 aromatic heterocycles. The Bertz CT molecular complexity index is 151. The van der Waals surface area contributed by atoms with E-state index in [9.17, 15) is 4.79 Å². The minimum Gasteiger partial charge on any atom is -0.434 e. The number of hydrogen-bond acceptors (Lipinski definition) is 3. The zero-order chi connectivity index (χ0) is 11.4. The molecule has 0 saturated heterocycles. The van der Waals surface area contributed by atoms with E-state index in [0.29, 0.717) is 13.2 Å². The summed E-state index contributed by atoms with van der Waals surface area (Å²) in [6.07, 6.45) is 6.65. The SMILES string of the molecule is CCCCCCCCOC(=O)OCCI. The molecule has 0 unspecified atom stereocenters. The second-order valence-corrected chi connectivity index (χ2v) is 4.48. The van der Waals surface area contributed by atoms with E-state index in [0.717, 1.165) is 17.3 Å². The van der Waals surface area contributed by atoms with Crippen molar-refractivity contribution in [2.75, 3.05) is 17.6 Å². The van der Waals surface area contributed by atoms with Gasteiger partial charge in [0.2, 0.25) is 0 Å². The molecule has 90 valence electrons. The van der Waals surface area contributed by atoms with Gasteiger partial charge in [-0.05, 0) is 6.42 Å². The third kappa shape index (κ3) is 11.9. The van der Waals surface area contributed by atoms with Gasteiger partial charge in [0.05, 0.1) is 6.61 Å². The Hall–Kier alpha value is 0. The highest BCUT2D eigenvalue weighted by atomic mass is 127. The fourth-order valence-corrected chi connectivity index (χ4v) is 1.42. The fraction of sp³-hybridized carbons (Fsp3) is 0.909. The summed E-state index contributed by atoms with van der Waals surface area (Å²) in [6.45, 7) is 3.13. The molecule has 0 rings (SSSR count). The summed E-state index contributed by atoms with van der Waals surface area (Å²) in [7, 11) is 0. The molecule has 0 amide bonds. The number of unbranched alkanes of at least 4 members (excludes halogenated alkanes) is 5. The second-order valence-electron chi connectivity index (χ2n) is 3.40. The summed E-state index contributed by atoms with van der Waals surface area (Å²) in [5.41, 5.74) is 0. The topological polar surface area (TPSA) is 35.5 Å². The van der Waals surface area contributed by atoms with Gasteiger partial charge in [0, 0.05) is 4.43 Å². The van der Waals surface area contributed by atoms with Crippen molar-refractivity contribution >= 4 is 28.7 Å². The third-order valence-electron chi connectivity index (χ3n) is 2.01. The maximum atomic E-state index is 10.9. The van der Waals surface area contributed by atoms with E-state index in [1.165, 1.54) is 25.7 Å². The Morgan fingerprint density at radius 1 is 1.00 bits per heavy atom. The van der Waals surface area contributed by atoms with Crippen LogP contribution in [0.15, 0.2) is 0 Å². The standard InChI is InChI=1S/C11H21IO3/c1-2-3-4-5-6-7-9-14-11(13)15-10-8-12/h2-10H2,1H3. The molecule has 0 aromatic carbocycles. The molecule has 0 atom stereocenters. The molecule has 0 spiro atoms. The van der Waals surface area contributed by atoms with Gasteiger partial charge in [-0.1, -0.05) is 61.6 Å². The number of hydrogen-bond donors (Lipinski definition) is 0. The van der Waals surface area contributed by atoms with E-state index in [-0.39, 0.29) is 0 Å². The van der Waals surface area contributed by atoms with E-state index in [4.69, 9.17) is 9.47 Å². The zero-order valence-electron chi connectivity index (χ0n) is 9.47. The van der Waals surface area contributed by atoms with Gasteiger partial charge in [0.25, 0.3) is 0 Å². The molecule has 0 saturated carbocycles. The molecule has 3 nitrogen and oxygen atoms in total. The highest BCUT2D eigenvalue weighted by Gasteiger charge is 2.01. The van der Waals surface area contributed by atoms with Crippen molar-refractivity contribution in [1.82, 2.24) is 0 Å². The van der Waals surface area contributed by atoms with E-state index in [1.807, 2.05) is 0 Å². The Balaban J connectivity index is 3.06. The summed E-state index contributed by atoms with van der Waals surface area (Å²) in [5.74, 6) is 0. The quantitative estimate of drug-likeness (QED) is 0.278. The van der Waals surface area contributed by atoms with Crippen LogP contribution in [0.5, 0.6) is 0 Å². The largest absolute Gasteiger partial charge is 0.508 e. The number of carbonyl (C=O) groups is 1. The van der Waals surface area contributed by atoms with Gasteiger partial charge in [-0.25, -0.2) is 4.79 Å². The summed E-state index contributed by atoms with van der Waals surface area (Å²) in [4.78, 5) is 10.9. The van der Waals surface area contributed by atoms with Crippen LogP contribution in [0.2, 0.25) is 0 Å². The number of carbonyl (C=O) groups excluding carboxylic acids is 1. The first-order valence-corrected chi connectivity index (χ1v) is 7.19. The van der Waals surface area contributed by atoms with Crippen LogP contribution in [0, 0.1) is 0 Å². The van der Waals surface area contributed by atoms with Gasteiger partial charge in [0.15, 0.2) is 0 Å². The predicted octanol–water partition coefficient (Wildman–Crippen LogP) is 3.94. The molecule has 0 aromatic rings. The van der Waals surface area contributed by atoms with Crippen molar-refractivity contribution in [1.29, 1.82) is 0 Å². The van der Waals surface area contributed by atoms with Gasteiger partial charge in [-0.2, -0.15) is 0 Å². The van der Waals surface area contributed by atoms with Crippen LogP contribution in [0.4, 0.5) is 4.79 Å². The summed E-state index contributed by atoms with van der Waals surface area (Å²) >= 11 is 2.15. The van der Waals surface area contributed by atoms with Crippen molar-refractivity contribution < 1.29 is 14.3 Å². The molecule has 4 heteroatoms. The first-order valence-electron chi connectivity index (χ1n) is 5.66. The molecule has 0 bridgehead atoms. The highest BCUT2D eigenvalue weighted by Crippen LogP contribution is 2.05. The number of halogens is 1. The first-order chi connectivity index (χ1) is 7.31. The zero-order valence-corrected chi connectivity index (χ0v) is 11.6. The van der Waals surface area contributed by atoms with E-state index in [1.54, 1.807) is 0 Å². The summed E-state index contributed by atoms with van der Waals surface area (Å²) in [6, 6.07) is 0. The molecule has 0 aliphatic carbocycles. The van der Waals surface area contributed by atoms with E-state index < -0.39 is 6.16 Å². The van der Waals surface area contributed by atoms with Gasteiger partial charge in [-0.3, -0.25) is 0 Å². The normalized spacial score (nSPS) is 10.0. The van der Waals surface area contributed by atoms with Crippen molar-refractivity contribution in [3.05, 3.63) is 0 Å². The van der Waals surface area contributed by atoms with Crippen molar-refractivity contribution in [2.24, 2.45) is 0 Å². The first kappa shape index (κ1) is 15.0. The van der Waals surface area contributed by atoms with Crippen LogP contribution < -0.4 is 0 Å². The third-order valence-corrected chi connectivity index (χ3v) is 2.46. The lowest BCUT2D eigenvalue weighted by Gasteiger charge is -2.04. The van der Waals surface area contributed by atoms with Crippen molar-refractivity contribution in [3.63, 3.8) is 0 Å². The Morgan fingerprint density at radius 2 is 1.60 bits per heavy atom. The highest BCUT2D eigenvalue weighted by molar-refractivity contribution is 14.1. The molecule has 0 radical (unpaired) electrons. The minimum atomic E-state index is -0.528. The van der Waals surface area contributed by atoms with Gasteiger partial charge >= 0.3 is 6.16 Å². The van der Waals surface area contributed by atoms with Crippen molar-refractivity contribution in [2.45, 2.75) is 45.4 Å². The second kappa shape index (κ2) is 12.1. The Labute approximate surface area is 106 Å². The number of ether oxygens (including phenoxy) is 2. The number of rotatable bonds is 9. The minimum absolute atomic E-state index is 0.440. The molecule has 0 fully saturated rings. The van der Waals surface area contributed by atoms with Crippen LogP contribution in [0.3, 0.4) is 0 Å². The van der Waals surface area contributed by atoms with Gasteiger partial charge in [-0.15, -0.1) is 0 Å². The molecule has 0 aliphatic rings. The van der Waals surface area contributed by atoms with Crippen molar-refractivity contribution in [3.8, 4) is 0 Å². The van der Waals surface area contributed by atoms with Crippen LogP contribution in [0.25, 0.3) is 0 Å². The summed E-state index contributed by atoms with van der Waals surface area (Å²) < 4.78 is 10.5. The lowest BCUT2D eigenvalue weighted by atomic mass is 10.1. The average Bonchev–Trinajstić information content (AvgIpc) is 2.25. The maximum absolute atomic E-state index is 10.9. The van der Waals surface area contributed by atoms with Crippen LogP contribution in [-0.4, -0.2) is 23.8 Å². The molecular weight excluding hydrogens is 307 g/mol. The lowest BCUT2D eigenvalue weighted by Crippen LogP contribution is -2.09. The van der Waals surface area contributed by atoms with Crippen LogP contribution in [-0.2, 0) is 9.47 Å². The van der Waals surface area contributed by atoms with Gasteiger partial charge in [0.1, 0.15) is 6.61 Å². The smallest absolute Gasteiger partial charge is 0.434 e. The molecular formula is C11H21IO3. The maximum Gasteiger partial charge on any atom is 0.508 e. The van der Waals surface area contributed by atoms with E-state index in [2.05, 4.69) is 29.5 Å². The Kier molecular flexibility index (Phi) is 12.1. The average molecular weight is 328 g/mol. The van der Waals surface area contributed by atoms with E-state index >= 15 is 0 Å². The van der Waals surface area contributed by atoms with Crippen LogP contribution >= 0.6 is 22.6 Å². The fourth-order valence-electron chi connectivity index (χ4n) is 1.20. The molecule has 0 heterocycles. The lowest BCUT2D eigenvalue weighted by molar-refractivity contribution is 0.0589. The predicted molar refractivity (Wildman–Crippen MR) is 69.6 cm³/mol. The molecule has 0 N–H and O–H groups in total. The van der Waals surface area contributed by atoms with Crippen LogP contribution in [0.1, 0.15) is 45.4 Å². The molecule has 15 heavy (non-hydrogen) atoms. The Morgan fingerprint density at radius 3 is 2.27 bits per heavy atom. The summed E-state index contributed by atoms with van der Waals surface area (Å²) in [5, 5.41) is 0. The number of alkyl halides is 1. The van der Waals surface area contributed by atoms with Gasteiger partial charge < -0.3 is 9.47 Å². The molecule has 0 aliphatic heterocycles. The monoisotopic (exact) mass is 328 g/mol.